The van der Waals surface area contributed by atoms with Gasteiger partial charge in [-0.05, 0) is 35.7 Å². The van der Waals surface area contributed by atoms with E-state index in [0.29, 0.717) is 6.42 Å². The molecule has 92 valence electrons. The second-order valence-electron chi connectivity index (χ2n) is 4.62. The lowest BCUT2D eigenvalue weighted by Crippen LogP contribution is -2.24. The van der Waals surface area contributed by atoms with Crippen molar-refractivity contribution in [1.29, 1.82) is 0 Å². The summed E-state index contributed by atoms with van der Waals surface area (Å²) < 4.78 is 26.7. The molecule has 2 unspecified atom stereocenters. The summed E-state index contributed by atoms with van der Waals surface area (Å²) >= 11 is 0. The van der Waals surface area contributed by atoms with Gasteiger partial charge in [-0.15, -0.1) is 0 Å². The highest BCUT2D eigenvalue weighted by Gasteiger charge is 2.33. The lowest BCUT2D eigenvalue weighted by atomic mass is 9.73. The van der Waals surface area contributed by atoms with Crippen LogP contribution in [0.15, 0.2) is 42.5 Å². The molecular weight excluding hydrogens is 234 g/mol. The van der Waals surface area contributed by atoms with Crippen LogP contribution in [0, 0.1) is 11.6 Å². The molecule has 3 heteroatoms. The second-order valence-corrected chi connectivity index (χ2v) is 4.62. The summed E-state index contributed by atoms with van der Waals surface area (Å²) in [6, 6.07) is 10.9. The number of aliphatic hydroxyl groups is 1. The predicted octanol–water partition coefficient (Wildman–Crippen LogP) is 3.34. The predicted molar refractivity (Wildman–Crippen MR) is 64.2 cm³/mol. The highest BCUT2D eigenvalue weighted by molar-refractivity contribution is 5.42. The summed E-state index contributed by atoms with van der Waals surface area (Å²) in [5.74, 6) is -1.23. The van der Waals surface area contributed by atoms with Gasteiger partial charge in [-0.25, -0.2) is 8.78 Å². The van der Waals surface area contributed by atoms with E-state index in [1.807, 2.05) is 24.3 Å². The van der Waals surface area contributed by atoms with E-state index in [2.05, 4.69) is 0 Å². The van der Waals surface area contributed by atoms with Gasteiger partial charge in [0.05, 0.1) is 6.10 Å². The van der Waals surface area contributed by atoms with E-state index in [0.717, 1.165) is 23.8 Å². The first-order chi connectivity index (χ1) is 8.66. The van der Waals surface area contributed by atoms with E-state index in [9.17, 15) is 13.9 Å². The van der Waals surface area contributed by atoms with Gasteiger partial charge in [0, 0.05) is 11.5 Å². The highest BCUT2D eigenvalue weighted by Crippen LogP contribution is 2.43. The average Bonchev–Trinajstić information content (AvgIpc) is 2.33. The zero-order valence-electron chi connectivity index (χ0n) is 9.61. The Balaban J connectivity index is 1.93. The third kappa shape index (κ3) is 1.71. The summed E-state index contributed by atoms with van der Waals surface area (Å²) in [5, 5.41) is 10.2. The van der Waals surface area contributed by atoms with E-state index >= 15 is 0 Å². The van der Waals surface area contributed by atoms with Gasteiger partial charge in [0.1, 0.15) is 11.6 Å². The molecule has 0 fully saturated rings. The molecule has 0 amide bonds. The van der Waals surface area contributed by atoms with Crippen LogP contribution in [0.25, 0.3) is 0 Å². The Labute approximate surface area is 104 Å². The Morgan fingerprint density at radius 1 is 1.11 bits per heavy atom. The van der Waals surface area contributed by atoms with Crippen LogP contribution in [-0.2, 0) is 6.42 Å². The molecule has 0 aliphatic heterocycles. The van der Waals surface area contributed by atoms with Gasteiger partial charge in [-0.3, -0.25) is 0 Å². The molecule has 0 aromatic heterocycles. The molecule has 1 N–H and O–H groups in total. The van der Waals surface area contributed by atoms with Crippen LogP contribution in [0.2, 0.25) is 0 Å². The Bertz CT molecular complexity index is 595. The fourth-order valence-electron chi connectivity index (χ4n) is 2.54. The fraction of sp³-hybridized carbons (Fsp3) is 0.200. The number of hydrogen-bond acceptors (Lipinski definition) is 1. The summed E-state index contributed by atoms with van der Waals surface area (Å²) in [6.45, 7) is 0. The number of rotatable bonds is 2. The molecule has 0 spiro atoms. The minimum Gasteiger partial charge on any atom is -0.388 e. The molecule has 2 atom stereocenters. The third-order valence-corrected chi connectivity index (χ3v) is 3.55. The molecule has 3 rings (SSSR count). The lowest BCUT2D eigenvalue weighted by molar-refractivity contribution is 0.130. The van der Waals surface area contributed by atoms with Gasteiger partial charge in [-0.1, -0.05) is 24.3 Å². The zero-order chi connectivity index (χ0) is 12.7. The summed E-state index contributed by atoms with van der Waals surface area (Å²) in [4.78, 5) is 0. The van der Waals surface area contributed by atoms with Crippen molar-refractivity contribution >= 4 is 0 Å². The molecule has 1 nitrogen and oxygen atoms in total. The minimum absolute atomic E-state index is 0.0366. The Hall–Kier alpha value is -1.74. The van der Waals surface area contributed by atoms with Crippen LogP contribution in [0.1, 0.15) is 28.7 Å². The van der Waals surface area contributed by atoms with Crippen molar-refractivity contribution in [3.8, 4) is 0 Å². The van der Waals surface area contributed by atoms with Crippen LogP contribution in [0.3, 0.4) is 0 Å². The van der Waals surface area contributed by atoms with Crippen LogP contribution < -0.4 is 0 Å². The van der Waals surface area contributed by atoms with Crippen molar-refractivity contribution in [1.82, 2.24) is 0 Å². The maximum Gasteiger partial charge on any atom is 0.129 e. The average molecular weight is 246 g/mol. The summed E-state index contributed by atoms with van der Waals surface area (Å²) in [5.41, 5.74) is 2.22. The zero-order valence-corrected chi connectivity index (χ0v) is 9.61. The van der Waals surface area contributed by atoms with Gasteiger partial charge >= 0.3 is 0 Å². The first-order valence-electron chi connectivity index (χ1n) is 5.87. The molecule has 1 aliphatic rings. The number of halogens is 2. The summed E-state index contributed by atoms with van der Waals surface area (Å²) in [6.07, 6.45) is -0.289. The molecule has 18 heavy (non-hydrogen) atoms. The van der Waals surface area contributed by atoms with Crippen LogP contribution >= 0.6 is 0 Å². The highest BCUT2D eigenvalue weighted by atomic mass is 19.1. The van der Waals surface area contributed by atoms with Gasteiger partial charge in [0.15, 0.2) is 0 Å². The van der Waals surface area contributed by atoms with Crippen molar-refractivity contribution in [2.45, 2.75) is 18.4 Å². The molecule has 0 radical (unpaired) electrons. The molecule has 2 aromatic rings. The van der Waals surface area contributed by atoms with Gasteiger partial charge in [0.25, 0.3) is 0 Å². The number of hydrogen-bond donors (Lipinski definition) is 1. The first kappa shape index (κ1) is 11.4. The smallest absolute Gasteiger partial charge is 0.129 e. The quantitative estimate of drug-likeness (QED) is 0.861. The number of aliphatic hydroxyl groups excluding tert-OH is 1. The van der Waals surface area contributed by atoms with Crippen molar-refractivity contribution < 1.29 is 13.9 Å². The van der Waals surface area contributed by atoms with Gasteiger partial charge in [0.2, 0.25) is 0 Å². The molecule has 0 bridgehead atoms. The van der Waals surface area contributed by atoms with Gasteiger partial charge in [-0.2, -0.15) is 0 Å². The molecule has 0 heterocycles. The van der Waals surface area contributed by atoms with Gasteiger partial charge < -0.3 is 5.11 Å². The molecule has 2 aromatic carbocycles. The standard InChI is InChI=1S/C15H12F2O/c16-10-5-6-14(17)13(8-10)15(18)12-7-9-3-1-2-4-11(9)12/h1-6,8,12,15,18H,7H2. The summed E-state index contributed by atoms with van der Waals surface area (Å²) in [7, 11) is 0. The number of fused-ring (bicyclic) bond motifs is 1. The Morgan fingerprint density at radius 2 is 1.89 bits per heavy atom. The molecule has 0 saturated carbocycles. The van der Waals surface area contributed by atoms with Crippen LogP contribution in [0.4, 0.5) is 8.78 Å². The molecule has 1 aliphatic carbocycles. The molecule has 0 saturated heterocycles. The Kier molecular flexibility index (Phi) is 2.63. The maximum atomic E-state index is 13.6. The topological polar surface area (TPSA) is 20.2 Å². The largest absolute Gasteiger partial charge is 0.388 e. The SMILES string of the molecule is OC(c1cc(F)ccc1F)C1Cc2ccccc21. The fourth-order valence-corrected chi connectivity index (χ4v) is 2.54. The van der Waals surface area contributed by atoms with E-state index < -0.39 is 17.7 Å². The lowest BCUT2D eigenvalue weighted by Gasteiger charge is -2.34. The van der Waals surface area contributed by atoms with Crippen molar-refractivity contribution in [3.05, 3.63) is 70.8 Å². The van der Waals surface area contributed by atoms with E-state index in [1.54, 1.807) is 0 Å². The van der Waals surface area contributed by atoms with Crippen LogP contribution in [0.5, 0.6) is 0 Å². The van der Waals surface area contributed by atoms with E-state index in [1.165, 1.54) is 5.56 Å². The van der Waals surface area contributed by atoms with Crippen LogP contribution in [-0.4, -0.2) is 5.11 Å². The van der Waals surface area contributed by atoms with Crippen molar-refractivity contribution in [2.75, 3.05) is 0 Å². The normalized spacial score (nSPS) is 18.9. The Morgan fingerprint density at radius 3 is 2.67 bits per heavy atom. The van der Waals surface area contributed by atoms with E-state index in [-0.39, 0.29) is 11.5 Å². The first-order valence-corrected chi connectivity index (χ1v) is 5.87. The maximum absolute atomic E-state index is 13.6. The monoisotopic (exact) mass is 246 g/mol. The number of benzene rings is 2. The minimum atomic E-state index is -0.990. The van der Waals surface area contributed by atoms with E-state index in [4.69, 9.17) is 0 Å². The molecular formula is C15H12F2O. The third-order valence-electron chi connectivity index (χ3n) is 3.55. The second kappa shape index (κ2) is 4.18. The van der Waals surface area contributed by atoms with Crippen molar-refractivity contribution in [3.63, 3.8) is 0 Å². The van der Waals surface area contributed by atoms with Crippen molar-refractivity contribution in [2.24, 2.45) is 0 Å².